The summed E-state index contributed by atoms with van der Waals surface area (Å²) >= 11 is 0. The first-order valence-corrected chi connectivity index (χ1v) is 10.5. The molecule has 32 heavy (non-hydrogen) atoms. The molecule has 3 N–H and O–H groups in total. The molecule has 3 aromatic carbocycles. The van der Waals surface area contributed by atoms with Crippen LogP contribution >= 0.6 is 0 Å². The van der Waals surface area contributed by atoms with E-state index in [1.807, 2.05) is 23.1 Å². The highest BCUT2D eigenvalue weighted by Gasteiger charge is 2.19. The molecule has 4 amide bonds. The summed E-state index contributed by atoms with van der Waals surface area (Å²) in [5.74, 6) is -0.247. The van der Waals surface area contributed by atoms with Crippen molar-refractivity contribution in [2.75, 3.05) is 29.0 Å². The van der Waals surface area contributed by atoms with Crippen molar-refractivity contribution in [3.05, 3.63) is 90.0 Å². The quantitative estimate of drug-likeness (QED) is 0.544. The van der Waals surface area contributed by atoms with Gasteiger partial charge in [-0.15, -0.1) is 0 Å². The molecule has 1 fully saturated rings. The standard InChI is InChI=1S/C25H24N4O3/c30-23(26-21-14-10-19(11-15-21)24(31)29-16-4-5-17-29)18-8-12-22(13-9-18)28-25(32)27-20-6-2-1-3-7-20/h1-3,6-15H,4-5,16-17H2,(H,26,30)(H2,27,28,32). The van der Waals surface area contributed by atoms with Crippen molar-refractivity contribution in [1.82, 2.24) is 4.90 Å². The van der Waals surface area contributed by atoms with E-state index in [0.717, 1.165) is 25.9 Å². The number of urea groups is 1. The lowest BCUT2D eigenvalue weighted by molar-refractivity contribution is 0.0792. The van der Waals surface area contributed by atoms with Crippen LogP contribution in [-0.4, -0.2) is 35.8 Å². The number of benzene rings is 3. The van der Waals surface area contributed by atoms with E-state index in [9.17, 15) is 14.4 Å². The topological polar surface area (TPSA) is 90.5 Å². The Labute approximate surface area is 186 Å². The number of anilines is 3. The Hall–Kier alpha value is -4.13. The third kappa shape index (κ3) is 5.31. The van der Waals surface area contributed by atoms with Crippen LogP contribution in [-0.2, 0) is 0 Å². The molecule has 0 radical (unpaired) electrons. The second-order valence-corrected chi connectivity index (χ2v) is 7.55. The molecule has 3 aromatic rings. The zero-order chi connectivity index (χ0) is 22.3. The smallest absolute Gasteiger partial charge is 0.323 e. The van der Waals surface area contributed by atoms with Crippen molar-refractivity contribution in [3.8, 4) is 0 Å². The lowest BCUT2D eigenvalue weighted by Gasteiger charge is -2.15. The Morgan fingerprint density at radius 2 is 1.09 bits per heavy atom. The minimum absolute atomic E-state index is 0.0276. The van der Waals surface area contributed by atoms with Gasteiger partial charge in [0, 0.05) is 41.3 Å². The summed E-state index contributed by atoms with van der Waals surface area (Å²) in [6.45, 7) is 1.60. The van der Waals surface area contributed by atoms with Gasteiger partial charge >= 0.3 is 6.03 Å². The van der Waals surface area contributed by atoms with Gasteiger partial charge in [-0.05, 0) is 73.5 Å². The van der Waals surface area contributed by atoms with Crippen molar-refractivity contribution in [1.29, 1.82) is 0 Å². The summed E-state index contributed by atoms with van der Waals surface area (Å²) in [4.78, 5) is 38.9. The van der Waals surface area contributed by atoms with Crippen molar-refractivity contribution in [2.24, 2.45) is 0 Å². The molecule has 0 unspecified atom stereocenters. The fraction of sp³-hybridized carbons (Fsp3) is 0.160. The van der Waals surface area contributed by atoms with Gasteiger partial charge in [0.2, 0.25) is 0 Å². The molecule has 0 saturated carbocycles. The monoisotopic (exact) mass is 428 g/mol. The third-order valence-corrected chi connectivity index (χ3v) is 5.22. The third-order valence-electron chi connectivity index (χ3n) is 5.22. The van der Waals surface area contributed by atoms with Crippen LogP contribution in [0.15, 0.2) is 78.9 Å². The van der Waals surface area contributed by atoms with Gasteiger partial charge in [0.25, 0.3) is 11.8 Å². The summed E-state index contributed by atoms with van der Waals surface area (Å²) in [6, 6.07) is 22.3. The number of carbonyl (C=O) groups is 3. The van der Waals surface area contributed by atoms with Gasteiger partial charge in [-0.1, -0.05) is 18.2 Å². The number of hydrogen-bond acceptors (Lipinski definition) is 3. The average Bonchev–Trinajstić information content (AvgIpc) is 3.35. The molecule has 7 heteroatoms. The molecule has 1 heterocycles. The van der Waals surface area contributed by atoms with E-state index in [4.69, 9.17) is 0 Å². The second-order valence-electron chi connectivity index (χ2n) is 7.55. The van der Waals surface area contributed by atoms with Gasteiger partial charge in [-0.25, -0.2) is 4.79 Å². The van der Waals surface area contributed by atoms with Crippen LogP contribution in [0, 0.1) is 0 Å². The molecular weight excluding hydrogens is 404 g/mol. The Morgan fingerprint density at radius 1 is 0.594 bits per heavy atom. The maximum atomic E-state index is 12.5. The molecule has 0 atom stereocenters. The van der Waals surface area contributed by atoms with E-state index in [0.29, 0.717) is 28.2 Å². The summed E-state index contributed by atoms with van der Waals surface area (Å²) in [5.41, 5.74) is 2.94. The van der Waals surface area contributed by atoms with E-state index >= 15 is 0 Å². The minimum Gasteiger partial charge on any atom is -0.339 e. The number of carbonyl (C=O) groups excluding carboxylic acids is 3. The van der Waals surface area contributed by atoms with E-state index in [-0.39, 0.29) is 17.8 Å². The summed E-state index contributed by atoms with van der Waals surface area (Å²) in [7, 11) is 0. The highest BCUT2D eigenvalue weighted by molar-refractivity contribution is 6.05. The van der Waals surface area contributed by atoms with Gasteiger partial charge in [-0.2, -0.15) is 0 Å². The molecule has 0 aliphatic carbocycles. The zero-order valence-electron chi connectivity index (χ0n) is 17.5. The zero-order valence-corrected chi connectivity index (χ0v) is 17.5. The van der Waals surface area contributed by atoms with Gasteiger partial charge in [0.05, 0.1) is 0 Å². The van der Waals surface area contributed by atoms with Crippen LogP contribution in [0.1, 0.15) is 33.6 Å². The molecule has 0 spiro atoms. The Balaban J connectivity index is 1.31. The number of amides is 4. The van der Waals surface area contributed by atoms with E-state index in [1.165, 1.54) is 0 Å². The molecule has 4 rings (SSSR count). The average molecular weight is 428 g/mol. The Morgan fingerprint density at radius 3 is 1.69 bits per heavy atom. The van der Waals surface area contributed by atoms with Gasteiger partial charge in [-0.3, -0.25) is 9.59 Å². The number of rotatable bonds is 5. The number of nitrogens with one attached hydrogen (secondary N) is 3. The van der Waals surface area contributed by atoms with Crippen LogP contribution in [0.5, 0.6) is 0 Å². The van der Waals surface area contributed by atoms with Crippen LogP contribution in [0.3, 0.4) is 0 Å². The summed E-state index contributed by atoms with van der Waals surface area (Å²) in [6.07, 6.45) is 2.10. The van der Waals surface area contributed by atoms with E-state index in [2.05, 4.69) is 16.0 Å². The summed E-state index contributed by atoms with van der Waals surface area (Å²) < 4.78 is 0. The molecule has 1 saturated heterocycles. The minimum atomic E-state index is -0.364. The predicted octanol–water partition coefficient (Wildman–Crippen LogP) is 4.82. The maximum Gasteiger partial charge on any atom is 0.323 e. The first-order valence-electron chi connectivity index (χ1n) is 10.5. The fourth-order valence-corrected chi connectivity index (χ4v) is 3.52. The highest BCUT2D eigenvalue weighted by Crippen LogP contribution is 2.17. The SMILES string of the molecule is O=C(Nc1ccccc1)Nc1ccc(C(=O)Nc2ccc(C(=O)N3CCCC3)cc2)cc1. The van der Waals surface area contributed by atoms with E-state index < -0.39 is 0 Å². The lowest BCUT2D eigenvalue weighted by Crippen LogP contribution is -2.27. The van der Waals surface area contributed by atoms with E-state index in [1.54, 1.807) is 60.7 Å². The lowest BCUT2D eigenvalue weighted by atomic mass is 10.1. The van der Waals surface area contributed by atoms with Crippen molar-refractivity contribution < 1.29 is 14.4 Å². The maximum absolute atomic E-state index is 12.5. The van der Waals surface area contributed by atoms with Crippen LogP contribution in [0.25, 0.3) is 0 Å². The first-order chi connectivity index (χ1) is 15.6. The molecule has 1 aliphatic rings. The molecule has 1 aliphatic heterocycles. The molecular formula is C25H24N4O3. The van der Waals surface area contributed by atoms with Crippen LogP contribution in [0.4, 0.5) is 21.9 Å². The van der Waals surface area contributed by atoms with Gasteiger partial charge in [0.15, 0.2) is 0 Å². The second kappa shape index (κ2) is 9.78. The number of hydrogen-bond donors (Lipinski definition) is 3. The van der Waals surface area contributed by atoms with Crippen molar-refractivity contribution >= 4 is 34.9 Å². The molecule has 7 nitrogen and oxygen atoms in total. The fourth-order valence-electron chi connectivity index (χ4n) is 3.52. The molecule has 162 valence electrons. The summed E-state index contributed by atoms with van der Waals surface area (Å²) in [5, 5.41) is 8.29. The first kappa shape index (κ1) is 21.1. The Kier molecular flexibility index (Phi) is 6.46. The van der Waals surface area contributed by atoms with Crippen molar-refractivity contribution in [2.45, 2.75) is 12.8 Å². The molecule has 0 aromatic heterocycles. The van der Waals surface area contributed by atoms with Gasteiger partial charge in [0.1, 0.15) is 0 Å². The van der Waals surface area contributed by atoms with Crippen LogP contribution < -0.4 is 16.0 Å². The van der Waals surface area contributed by atoms with Gasteiger partial charge < -0.3 is 20.9 Å². The number of nitrogens with zero attached hydrogens (tertiary/aromatic N) is 1. The number of para-hydroxylation sites is 1. The van der Waals surface area contributed by atoms with Crippen LogP contribution in [0.2, 0.25) is 0 Å². The van der Waals surface area contributed by atoms with Crippen molar-refractivity contribution in [3.63, 3.8) is 0 Å². The highest BCUT2D eigenvalue weighted by atomic mass is 16.2. The normalized spacial score (nSPS) is 12.8. The Bertz CT molecular complexity index is 1090. The predicted molar refractivity (Wildman–Crippen MR) is 125 cm³/mol. The molecule has 0 bridgehead atoms. The number of likely N-dealkylation sites (tertiary alicyclic amines) is 1. The largest absolute Gasteiger partial charge is 0.339 e.